The van der Waals surface area contributed by atoms with Crippen LogP contribution in [0.5, 0.6) is 0 Å². The van der Waals surface area contributed by atoms with E-state index in [0.29, 0.717) is 6.61 Å². The Morgan fingerprint density at radius 2 is 0.764 bits per heavy atom. The fourth-order valence-electron chi connectivity index (χ4n) is 6.81. The summed E-state index contributed by atoms with van der Waals surface area (Å²) in [6.07, 6.45) is 47.3. The molecule has 0 bridgehead atoms. The molecule has 0 aliphatic carbocycles. The molecule has 0 radical (unpaired) electrons. The van der Waals surface area contributed by atoms with E-state index >= 15 is 0 Å². The number of hydrogen-bond donors (Lipinski definition) is 0. The maximum absolute atomic E-state index is 6.50. The van der Waals surface area contributed by atoms with Gasteiger partial charge in [-0.1, -0.05) is 154 Å². The fraction of sp³-hybridized carbons (Fsp3) is 0.917. The molecular weight excluding hydrogens is 812 g/mol. The first-order valence-electron chi connectivity index (χ1n) is 23.4. The molecule has 0 amide bonds. The van der Waals surface area contributed by atoms with Gasteiger partial charge in [-0.25, -0.2) is 0 Å². The van der Waals surface area contributed by atoms with Crippen LogP contribution in [-0.2, 0) is 14.2 Å². The van der Waals surface area contributed by atoms with Crippen molar-refractivity contribution in [2.45, 2.75) is 200 Å². The fourth-order valence-corrected chi connectivity index (χ4v) is 6.81. The van der Waals surface area contributed by atoms with E-state index in [1.807, 2.05) is 0 Å². The molecule has 1 atom stereocenters. The van der Waals surface area contributed by atoms with Crippen LogP contribution in [0, 0.1) is 0 Å². The van der Waals surface area contributed by atoms with Gasteiger partial charge in [0.15, 0.2) is 0 Å². The van der Waals surface area contributed by atoms with Gasteiger partial charge in [-0.3, -0.25) is 0 Å². The van der Waals surface area contributed by atoms with E-state index in [2.05, 4.69) is 73.4 Å². The SMILES string of the molecule is CCCCCCCC/C=C\CCCCCCCCOCC(C[N+](C)(C)CCOCC[N+](C)(C)C)OCCCCCCCC/C=C\CCCCCCCC.[Br-].[Br-]. The van der Waals surface area contributed by atoms with Crippen molar-refractivity contribution in [2.75, 3.05) is 87.9 Å². The van der Waals surface area contributed by atoms with Gasteiger partial charge in [-0.15, -0.1) is 0 Å². The van der Waals surface area contributed by atoms with E-state index in [9.17, 15) is 0 Å². The number of allylic oxidation sites excluding steroid dienone is 4. The van der Waals surface area contributed by atoms with E-state index in [0.717, 1.165) is 67.9 Å². The first-order chi connectivity index (χ1) is 25.7. The third-order valence-corrected chi connectivity index (χ3v) is 10.6. The molecule has 0 aliphatic heterocycles. The number of hydrogen-bond acceptors (Lipinski definition) is 3. The minimum Gasteiger partial charge on any atom is -1.00 e. The summed E-state index contributed by atoms with van der Waals surface area (Å²) in [6, 6.07) is 0. The number of nitrogens with zero attached hydrogens (tertiary/aromatic N) is 2. The predicted molar refractivity (Wildman–Crippen MR) is 235 cm³/mol. The molecule has 0 spiro atoms. The van der Waals surface area contributed by atoms with E-state index in [4.69, 9.17) is 14.2 Å². The lowest BCUT2D eigenvalue weighted by Crippen LogP contribution is -3.00. The van der Waals surface area contributed by atoms with Crippen LogP contribution >= 0.6 is 0 Å². The summed E-state index contributed by atoms with van der Waals surface area (Å²) in [4.78, 5) is 0. The highest BCUT2D eigenvalue weighted by molar-refractivity contribution is 4.82. The van der Waals surface area contributed by atoms with Gasteiger partial charge in [0.2, 0.25) is 0 Å². The van der Waals surface area contributed by atoms with Gasteiger partial charge in [0.05, 0.1) is 55.1 Å². The molecule has 0 saturated heterocycles. The van der Waals surface area contributed by atoms with Crippen LogP contribution in [0.25, 0.3) is 0 Å². The zero-order chi connectivity index (χ0) is 39.0. The summed E-state index contributed by atoms with van der Waals surface area (Å²) >= 11 is 0. The highest BCUT2D eigenvalue weighted by atomic mass is 79.9. The normalized spacial score (nSPS) is 12.8. The third kappa shape index (κ3) is 50.3. The molecule has 0 fully saturated rings. The molecule has 0 rings (SSSR count). The van der Waals surface area contributed by atoms with Crippen LogP contribution in [0.4, 0.5) is 0 Å². The summed E-state index contributed by atoms with van der Waals surface area (Å²) in [5.41, 5.74) is 0. The maximum atomic E-state index is 6.50. The van der Waals surface area contributed by atoms with Crippen LogP contribution in [-0.4, -0.2) is 103 Å². The van der Waals surface area contributed by atoms with E-state index in [1.165, 1.54) is 167 Å². The van der Waals surface area contributed by atoms with Crippen molar-refractivity contribution >= 4 is 0 Å². The largest absolute Gasteiger partial charge is 1.00 e. The molecular formula is C48H98Br2N2O3. The molecule has 0 N–H and O–H groups in total. The second-order valence-corrected chi connectivity index (χ2v) is 17.9. The van der Waals surface area contributed by atoms with E-state index in [1.54, 1.807) is 0 Å². The lowest BCUT2D eigenvalue weighted by molar-refractivity contribution is -0.894. The molecule has 7 heteroatoms. The van der Waals surface area contributed by atoms with Crippen LogP contribution in [0.1, 0.15) is 194 Å². The highest BCUT2D eigenvalue weighted by Gasteiger charge is 2.23. The summed E-state index contributed by atoms with van der Waals surface area (Å²) in [6.45, 7) is 11.6. The summed E-state index contributed by atoms with van der Waals surface area (Å²) in [7, 11) is 11.3. The third-order valence-electron chi connectivity index (χ3n) is 10.6. The van der Waals surface area contributed by atoms with Crippen molar-refractivity contribution in [3.05, 3.63) is 24.3 Å². The van der Waals surface area contributed by atoms with Crippen molar-refractivity contribution in [1.82, 2.24) is 0 Å². The summed E-state index contributed by atoms with van der Waals surface area (Å²) in [5.74, 6) is 0. The topological polar surface area (TPSA) is 27.7 Å². The van der Waals surface area contributed by atoms with Crippen molar-refractivity contribution in [3.8, 4) is 0 Å². The molecule has 0 aliphatic rings. The molecule has 1 unspecified atom stereocenters. The molecule has 0 aromatic heterocycles. The number of rotatable bonds is 43. The Bertz CT molecular complexity index is 788. The first kappa shape index (κ1) is 59.6. The molecule has 0 heterocycles. The molecule has 55 heavy (non-hydrogen) atoms. The van der Waals surface area contributed by atoms with Gasteiger partial charge >= 0.3 is 0 Å². The molecule has 5 nitrogen and oxygen atoms in total. The Kier molecular flexibility index (Phi) is 49.1. The van der Waals surface area contributed by atoms with Gasteiger partial charge in [0.1, 0.15) is 25.7 Å². The number of ether oxygens (including phenoxy) is 3. The highest BCUT2D eigenvalue weighted by Crippen LogP contribution is 2.13. The van der Waals surface area contributed by atoms with Crippen LogP contribution in [0.3, 0.4) is 0 Å². The average Bonchev–Trinajstić information content (AvgIpc) is 3.11. The number of unbranched alkanes of at least 4 members (excludes halogenated alkanes) is 24. The number of quaternary nitrogens is 2. The molecule has 0 aromatic carbocycles. The lowest BCUT2D eigenvalue weighted by Gasteiger charge is -2.33. The van der Waals surface area contributed by atoms with Gasteiger partial charge in [0, 0.05) is 13.2 Å². The smallest absolute Gasteiger partial charge is 0.130 e. The Morgan fingerprint density at radius 1 is 0.400 bits per heavy atom. The Balaban J connectivity index is -0.0000135. The second kappa shape index (κ2) is 45.3. The molecule has 332 valence electrons. The number of halogens is 2. The Labute approximate surface area is 367 Å². The van der Waals surface area contributed by atoms with Crippen molar-refractivity contribution in [1.29, 1.82) is 0 Å². The van der Waals surface area contributed by atoms with Crippen molar-refractivity contribution in [2.24, 2.45) is 0 Å². The van der Waals surface area contributed by atoms with Crippen molar-refractivity contribution < 1.29 is 57.1 Å². The van der Waals surface area contributed by atoms with Crippen LogP contribution < -0.4 is 34.0 Å². The monoisotopic (exact) mass is 909 g/mol. The average molecular weight is 911 g/mol. The second-order valence-electron chi connectivity index (χ2n) is 17.9. The minimum atomic E-state index is 0. The van der Waals surface area contributed by atoms with Gasteiger partial charge in [-0.05, 0) is 64.2 Å². The van der Waals surface area contributed by atoms with Gasteiger partial charge in [-0.2, -0.15) is 0 Å². The summed E-state index contributed by atoms with van der Waals surface area (Å²) < 4.78 is 20.6. The Hall–Kier alpha value is 0.240. The van der Waals surface area contributed by atoms with Gasteiger partial charge < -0.3 is 57.1 Å². The van der Waals surface area contributed by atoms with E-state index in [-0.39, 0.29) is 40.1 Å². The summed E-state index contributed by atoms with van der Waals surface area (Å²) in [5, 5.41) is 0. The van der Waals surface area contributed by atoms with Gasteiger partial charge in [0.25, 0.3) is 0 Å². The van der Waals surface area contributed by atoms with Crippen LogP contribution in [0.15, 0.2) is 24.3 Å². The molecule has 0 saturated carbocycles. The quantitative estimate of drug-likeness (QED) is 0.0367. The zero-order valence-corrected chi connectivity index (χ0v) is 41.4. The number of likely N-dealkylation sites (N-methyl/N-ethyl adjacent to an activating group) is 2. The standard InChI is InChI=1S/C48H98N2O3.2BrH/c1-8-10-12-14-16-18-20-22-24-26-28-30-32-34-36-38-42-52-47-48(46-50(6,7)41-45-51-44-40-49(3,4)5)53-43-39-37-35-33-31-29-27-25-23-21-19-17-15-13-11-9-2;;/h22-25,48H,8-21,26-47H2,1-7H3;2*1H/q+2;;/p-2/b24-22-,25-23-;;. The molecule has 0 aromatic rings. The first-order valence-corrected chi connectivity index (χ1v) is 23.4. The van der Waals surface area contributed by atoms with E-state index < -0.39 is 0 Å². The van der Waals surface area contributed by atoms with Crippen LogP contribution in [0.2, 0.25) is 0 Å². The lowest BCUT2D eigenvalue weighted by atomic mass is 10.1. The zero-order valence-electron chi connectivity index (χ0n) is 38.2. The maximum Gasteiger partial charge on any atom is 0.130 e. The van der Waals surface area contributed by atoms with Crippen molar-refractivity contribution in [3.63, 3.8) is 0 Å². The predicted octanol–water partition coefficient (Wildman–Crippen LogP) is 7.27. The minimum absolute atomic E-state index is 0. The Morgan fingerprint density at radius 3 is 1.18 bits per heavy atom.